The average Bonchev–Trinajstić information content (AvgIpc) is 3.17. The Bertz CT molecular complexity index is 1090. The molecule has 1 N–H and O–H groups in total. The van der Waals surface area contributed by atoms with Crippen molar-refractivity contribution in [2.24, 2.45) is 4.99 Å². The van der Waals surface area contributed by atoms with Crippen LogP contribution in [0.15, 0.2) is 29.3 Å². The number of halogens is 4. The quantitative estimate of drug-likeness (QED) is 0.602. The van der Waals surface area contributed by atoms with Gasteiger partial charge in [0.2, 0.25) is 0 Å². The van der Waals surface area contributed by atoms with Gasteiger partial charge in [-0.3, -0.25) is 9.79 Å². The van der Waals surface area contributed by atoms with Crippen molar-refractivity contribution in [1.82, 2.24) is 4.90 Å². The molecular formula is C24H25ClF3N3O. The number of carbonyl (C=O) groups is 1. The molecule has 2 aromatic carbocycles. The van der Waals surface area contributed by atoms with Crippen LogP contribution < -0.4 is 5.32 Å². The third-order valence-electron chi connectivity index (χ3n) is 6.27. The Morgan fingerprint density at radius 1 is 1.16 bits per heavy atom. The maximum atomic E-state index is 14.6. The van der Waals surface area contributed by atoms with Crippen molar-refractivity contribution in [2.75, 3.05) is 19.4 Å². The van der Waals surface area contributed by atoms with Crippen LogP contribution in [0.5, 0.6) is 0 Å². The number of hydrogen-bond acceptors (Lipinski definition) is 3. The van der Waals surface area contributed by atoms with Crippen molar-refractivity contribution in [3.05, 3.63) is 63.4 Å². The summed E-state index contributed by atoms with van der Waals surface area (Å²) in [5.41, 5.74) is 0.972. The number of amidine groups is 1. The maximum absolute atomic E-state index is 14.6. The zero-order valence-electron chi connectivity index (χ0n) is 18.0. The van der Waals surface area contributed by atoms with Gasteiger partial charge in [0.15, 0.2) is 17.4 Å². The van der Waals surface area contributed by atoms with Gasteiger partial charge >= 0.3 is 0 Å². The number of aliphatic imine (C=N–C) groups is 1. The normalized spacial score (nSPS) is 21.7. The van der Waals surface area contributed by atoms with Gasteiger partial charge in [0, 0.05) is 24.4 Å². The van der Waals surface area contributed by atoms with Gasteiger partial charge in [-0.1, -0.05) is 30.5 Å². The second-order valence-corrected chi connectivity index (χ2v) is 9.09. The molecule has 1 aliphatic carbocycles. The number of fused-ring (bicyclic) bond motifs is 1. The Morgan fingerprint density at radius 2 is 1.91 bits per heavy atom. The Hall–Kier alpha value is -2.38. The second-order valence-electron chi connectivity index (χ2n) is 8.68. The fraction of sp³-hybridized carbons (Fsp3) is 0.417. The van der Waals surface area contributed by atoms with Gasteiger partial charge in [0.1, 0.15) is 11.7 Å². The lowest BCUT2D eigenvalue weighted by molar-refractivity contribution is 0.0992. The first-order valence-electron chi connectivity index (χ1n) is 10.7. The average molecular weight is 464 g/mol. The van der Waals surface area contributed by atoms with Gasteiger partial charge in [-0.05, 0) is 56.3 Å². The molecule has 8 heteroatoms. The van der Waals surface area contributed by atoms with E-state index in [-0.39, 0.29) is 41.2 Å². The van der Waals surface area contributed by atoms with Crippen LogP contribution in [0.25, 0.3) is 0 Å². The van der Waals surface area contributed by atoms with Gasteiger partial charge in [-0.15, -0.1) is 0 Å². The number of anilines is 1. The largest absolute Gasteiger partial charge is 0.341 e. The zero-order chi connectivity index (χ0) is 23.0. The first-order chi connectivity index (χ1) is 15.2. The lowest BCUT2D eigenvalue weighted by Gasteiger charge is -2.34. The van der Waals surface area contributed by atoms with Crippen LogP contribution in [0.2, 0.25) is 5.02 Å². The minimum absolute atomic E-state index is 0.0264. The molecule has 1 saturated carbocycles. The number of Topliss-reactive ketones (excluding diaryl/α,β-unsaturated/α-hetero) is 1. The molecule has 0 saturated heterocycles. The number of benzene rings is 2. The van der Waals surface area contributed by atoms with Crippen LogP contribution >= 0.6 is 11.6 Å². The third-order valence-corrected chi connectivity index (χ3v) is 6.56. The smallest absolute Gasteiger partial charge is 0.182 e. The molecule has 0 unspecified atom stereocenters. The number of nitrogens with one attached hydrogen (secondary N) is 1. The van der Waals surface area contributed by atoms with Gasteiger partial charge < -0.3 is 10.2 Å². The summed E-state index contributed by atoms with van der Waals surface area (Å²) in [5.74, 6) is -2.54. The van der Waals surface area contributed by atoms with Gasteiger partial charge in [0.25, 0.3) is 0 Å². The number of hydrogen-bond donors (Lipinski definition) is 1. The molecule has 32 heavy (non-hydrogen) atoms. The van der Waals surface area contributed by atoms with E-state index < -0.39 is 23.2 Å². The lowest BCUT2D eigenvalue weighted by atomic mass is 9.90. The van der Waals surface area contributed by atoms with Gasteiger partial charge in [0.05, 0.1) is 16.8 Å². The molecule has 170 valence electrons. The molecule has 0 aromatic heterocycles. The molecule has 1 aliphatic heterocycles. The third kappa shape index (κ3) is 4.55. The van der Waals surface area contributed by atoms with Gasteiger partial charge in [-0.25, -0.2) is 13.2 Å². The summed E-state index contributed by atoms with van der Waals surface area (Å²) in [6, 6.07) is 5.28. The summed E-state index contributed by atoms with van der Waals surface area (Å²) in [7, 11) is 4.04. The summed E-state index contributed by atoms with van der Waals surface area (Å²) in [6.07, 6.45) is 4.31. The van der Waals surface area contributed by atoms with Crippen molar-refractivity contribution < 1.29 is 18.0 Å². The van der Waals surface area contributed by atoms with Crippen LogP contribution in [0.3, 0.4) is 0 Å². The fourth-order valence-corrected chi connectivity index (χ4v) is 4.84. The van der Waals surface area contributed by atoms with E-state index in [4.69, 9.17) is 16.6 Å². The molecule has 2 atom stereocenters. The van der Waals surface area contributed by atoms with E-state index in [1.54, 1.807) is 0 Å². The van der Waals surface area contributed by atoms with Crippen LogP contribution in [-0.4, -0.2) is 42.7 Å². The minimum Gasteiger partial charge on any atom is -0.341 e. The predicted molar refractivity (Wildman–Crippen MR) is 120 cm³/mol. The molecule has 0 radical (unpaired) electrons. The summed E-state index contributed by atoms with van der Waals surface area (Å²) in [5, 5.41) is 2.83. The topological polar surface area (TPSA) is 44.7 Å². The standard InChI is InChI=1S/C24H25ClF3N3O/c1-31(2)20-6-4-3-5-19(20)29-22-12-15-14(11-18(27)23(28)24(15)30-22)21(32)10-13-7-8-17(26)16(25)9-13/h7-9,11,19-20H,3-6,10,12H2,1-2H3,(H,29,30)/t19-,20-/m1/s1. The van der Waals surface area contributed by atoms with Gasteiger partial charge in [-0.2, -0.15) is 0 Å². The first-order valence-corrected chi connectivity index (χ1v) is 11.1. The minimum atomic E-state index is -1.10. The molecule has 4 nitrogen and oxygen atoms in total. The summed E-state index contributed by atoms with van der Waals surface area (Å²) < 4.78 is 42.3. The van der Waals surface area contributed by atoms with E-state index in [0.717, 1.165) is 31.7 Å². The zero-order valence-corrected chi connectivity index (χ0v) is 18.8. The molecule has 1 heterocycles. The van der Waals surface area contributed by atoms with Crippen molar-refractivity contribution in [2.45, 2.75) is 50.6 Å². The number of ketones is 1. The van der Waals surface area contributed by atoms with E-state index in [2.05, 4.69) is 10.2 Å². The van der Waals surface area contributed by atoms with Crippen molar-refractivity contribution in [1.29, 1.82) is 0 Å². The van der Waals surface area contributed by atoms with E-state index in [0.29, 0.717) is 17.0 Å². The highest BCUT2D eigenvalue weighted by atomic mass is 35.5. The highest BCUT2D eigenvalue weighted by Gasteiger charge is 2.31. The summed E-state index contributed by atoms with van der Waals surface area (Å²) in [6.45, 7) is 0. The van der Waals surface area contributed by atoms with Crippen LogP contribution in [-0.2, 0) is 12.8 Å². The van der Waals surface area contributed by atoms with Crippen LogP contribution in [0.4, 0.5) is 18.9 Å². The Balaban J connectivity index is 1.62. The Kier molecular flexibility index (Phi) is 6.58. The molecule has 2 aromatic rings. The monoisotopic (exact) mass is 463 g/mol. The number of carbonyl (C=O) groups excluding carboxylic acids is 1. The molecule has 2 aliphatic rings. The van der Waals surface area contributed by atoms with E-state index in [1.165, 1.54) is 18.2 Å². The second kappa shape index (κ2) is 9.24. The molecule has 0 amide bonds. The van der Waals surface area contributed by atoms with E-state index in [9.17, 15) is 18.0 Å². The maximum Gasteiger partial charge on any atom is 0.182 e. The van der Waals surface area contributed by atoms with Crippen molar-refractivity contribution in [3.8, 4) is 0 Å². The van der Waals surface area contributed by atoms with Crippen LogP contribution in [0, 0.1) is 17.5 Å². The number of rotatable bonds is 5. The molecular weight excluding hydrogens is 439 g/mol. The summed E-state index contributed by atoms with van der Waals surface area (Å²) in [4.78, 5) is 20.0. The Labute approximate surface area is 190 Å². The fourth-order valence-electron chi connectivity index (χ4n) is 4.64. The van der Waals surface area contributed by atoms with Crippen molar-refractivity contribution >= 4 is 28.9 Å². The van der Waals surface area contributed by atoms with E-state index in [1.807, 2.05) is 14.1 Å². The lowest BCUT2D eigenvalue weighted by Crippen LogP contribution is -2.41. The van der Waals surface area contributed by atoms with Crippen molar-refractivity contribution in [3.63, 3.8) is 0 Å². The molecule has 1 fully saturated rings. The highest BCUT2D eigenvalue weighted by molar-refractivity contribution is 6.30. The predicted octanol–water partition coefficient (Wildman–Crippen LogP) is 5.42. The summed E-state index contributed by atoms with van der Waals surface area (Å²) >= 11 is 5.80. The number of likely N-dealkylation sites (N-methyl/N-ethyl adjacent to an activating group) is 1. The molecule has 0 bridgehead atoms. The first kappa shape index (κ1) is 22.8. The van der Waals surface area contributed by atoms with Crippen LogP contribution in [0.1, 0.15) is 47.2 Å². The molecule has 4 rings (SSSR count). The number of nitrogens with zero attached hydrogens (tertiary/aromatic N) is 2. The molecule has 0 spiro atoms. The highest BCUT2D eigenvalue weighted by Crippen LogP contribution is 2.34. The van der Waals surface area contributed by atoms with E-state index >= 15 is 0 Å². The SMILES string of the molecule is CN(C)[C@@H]1CCCC[C@H]1N=C1Cc2c(C(=O)Cc3ccc(F)c(Cl)c3)cc(F)c(F)c2N1. The Morgan fingerprint density at radius 3 is 2.62 bits per heavy atom.